The van der Waals surface area contributed by atoms with Gasteiger partial charge in [-0.3, -0.25) is 14.4 Å². The van der Waals surface area contributed by atoms with Crippen molar-refractivity contribution >= 4 is 17.6 Å². The lowest BCUT2D eigenvalue weighted by Gasteiger charge is -2.33. The lowest BCUT2D eigenvalue weighted by molar-refractivity contribution is -0.135. The molecule has 2 fully saturated rings. The van der Waals surface area contributed by atoms with Crippen LogP contribution in [0.4, 0.5) is 4.39 Å². The molecule has 5 nitrogen and oxygen atoms in total. The van der Waals surface area contributed by atoms with Crippen LogP contribution < -0.4 is 5.32 Å². The van der Waals surface area contributed by atoms with Gasteiger partial charge in [0.1, 0.15) is 11.9 Å². The molecule has 0 spiro atoms. The van der Waals surface area contributed by atoms with Crippen molar-refractivity contribution in [2.75, 3.05) is 13.1 Å². The van der Waals surface area contributed by atoms with Crippen LogP contribution in [0.1, 0.15) is 36.0 Å². The van der Waals surface area contributed by atoms with E-state index in [4.69, 9.17) is 0 Å². The lowest BCUT2D eigenvalue weighted by atomic mass is 9.89. The Morgan fingerprint density at radius 2 is 1.91 bits per heavy atom. The van der Waals surface area contributed by atoms with E-state index >= 15 is 0 Å². The number of rotatable bonds is 3. The summed E-state index contributed by atoms with van der Waals surface area (Å²) in [5.74, 6) is -0.904. The average molecular weight is 318 g/mol. The first kappa shape index (κ1) is 15.6. The number of Topliss-reactive ketones (excluding diaryl/α,β-unsaturated/α-hetero) is 1. The Balaban J connectivity index is 1.65. The molecule has 1 aromatic rings. The number of carbonyl (C=O) groups excluding carboxylic acids is 3. The Morgan fingerprint density at radius 1 is 1.17 bits per heavy atom. The molecule has 0 saturated carbocycles. The first-order valence-corrected chi connectivity index (χ1v) is 7.92. The summed E-state index contributed by atoms with van der Waals surface area (Å²) < 4.78 is 13.0. The Hall–Kier alpha value is -2.24. The molecule has 0 unspecified atom stereocenters. The first-order valence-electron chi connectivity index (χ1n) is 7.92. The minimum absolute atomic E-state index is 0.0574. The Labute approximate surface area is 133 Å². The zero-order valence-electron chi connectivity index (χ0n) is 12.8. The number of nitrogens with one attached hydrogen (secondary N) is 1. The summed E-state index contributed by atoms with van der Waals surface area (Å²) in [6.07, 6.45) is 2.37. The van der Waals surface area contributed by atoms with Crippen LogP contribution >= 0.6 is 0 Å². The van der Waals surface area contributed by atoms with Crippen molar-refractivity contribution in [2.24, 2.45) is 5.92 Å². The van der Waals surface area contributed by atoms with E-state index < -0.39 is 6.04 Å². The highest BCUT2D eigenvalue weighted by molar-refractivity contribution is 5.98. The second-order valence-corrected chi connectivity index (χ2v) is 6.15. The standard InChI is InChI=1S/C17H19FN2O3/c18-13-5-3-11(4-6-13)16(22)12-2-1-9-20(10-12)17(23)14-7-8-15(21)19-14/h3-6,12,14H,1-2,7-10H2,(H,19,21)/t12-,14-/m0/s1. The van der Waals surface area contributed by atoms with Gasteiger partial charge in [0.2, 0.25) is 11.8 Å². The number of likely N-dealkylation sites (tertiary alicyclic amines) is 1. The van der Waals surface area contributed by atoms with Crippen LogP contribution in [0.3, 0.4) is 0 Å². The van der Waals surface area contributed by atoms with Gasteiger partial charge >= 0.3 is 0 Å². The molecule has 3 rings (SSSR count). The maximum Gasteiger partial charge on any atom is 0.245 e. The zero-order chi connectivity index (χ0) is 16.4. The lowest BCUT2D eigenvalue weighted by Crippen LogP contribution is -2.49. The van der Waals surface area contributed by atoms with E-state index in [0.717, 1.165) is 12.8 Å². The van der Waals surface area contributed by atoms with Crippen molar-refractivity contribution in [1.29, 1.82) is 0 Å². The Kier molecular flexibility index (Phi) is 4.41. The highest BCUT2D eigenvalue weighted by atomic mass is 19.1. The van der Waals surface area contributed by atoms with Crippen LogP contribution in [0, 0.1) is 11.7 Å². The maximum absolute atomic E-state index is 13.0. The van der Waals surface area contributed by atoms with Crippen molar-refractivity contribution < 1.29 is 18.8 Å². The quantitative estimate of drug-likeness (QED) is 0.860. The van der Waals surface area contributed by atoms with Crippen molar-refractivity contribution in [3.63, 3.8) is 0 Å². The smallest absolute Gasteiger partial charge is 0.245 e. The van der Waals surface area contributed by atoms with Crippen LogP contribution in [-0.4, -0.2) is 41.6 Å². The molecule has 0 aliphatic carbocycles. The highest BCUT2D eigenvalue weighted by Crippen LogP contribution is 2.23. The van der Waals surface area contributed by atoms with Crippen LogP contribution in [0.25, 0.3) is 0 Å². The van der Waals surface area contributed by atoms with E-state index in [9.17, 15) is 18.8 Å². The van der Waals surface area contributed by atoms with Crippen LogP contribution in [-0.2, 0) is 9.59 Å². The van der Waals surface area contributed by atoms with Crippen molar-refractivity contribution in [2.45, 2.75) is 31.7 Å². The van der Waals surface area contributed by atoms with Gasteiger partial charge in [0, 0.05) is 31.0 Å². The van der Waals surface area contributed by atoms with Gasteiger partial charge in [-0.05, 0) is 43.5 Å². The van der Waals surface area contributed by atoms with Gasteiger partial charge in [-0.15, -0.1) is 0 Å². The fraction of sp³-hybridized carbons (Fsp3) is 0.471. The van der Waals surface area contributed by atoms with Gasteiger partial charge < -0.3 is 10.2 Å². The van der Waals surface area contributed by atoms with E-state index in [2.05, 4.69) is 5.32 Å². The molecule has 0 bridgehead atoms. The summed E-state index contributed by atoms with van der Waals surface area (Å²) in [7, 11) is 0. The fourth-order valence-corrected chi connectivity index (χ4v) is 3.26. The fourth-order valence-electron chi connectivity index (χ4n) is 3.26. The van der Waals surface area contributed by atoms with Gasteiger partial charge in [0.25, 0.3) is 0 Å². The number of halogens is 1. The largest absolute Gasteiger partial charge is 0.344 e. The number of ketones is 1. The molecule has 1 N–H and O–H groups in total. The molecule has 2 saturated heterocycles. The van der Waals surface area contributed by atoms with Crippen LogP contribution in [0.2, 0.25) is 0 Å². The first-order chi connectivity index (χ1) is 11.0. The zero-order valence-corrected chi connectivity index (χ0v) is 12.8. The SMILES string of the molecule is O=C1CC[C@@H](C(=O)N2CCC[C@H](C(=O)c3ccc(F)cc3)C2)N1. The average Bonchev–Trinajstić information content (AvgIpc) is 3.01. The molecular formula is C17H19FN2O3. The summed E-state index contributed by atoms with van der Waals surface area (Å²) >= 11 is 0. The minimum Gasteiger partial charge on any atom is -0.344 e. The van der Waals surface area contributed by atoms with Crippen molar-refractivity contribution in [3.8, 4) is 0 Å². The molecule has 2 aliphatic rings. The second kappa shape index (κ2) is 6.48. The number of carbonyl (C=O) groups is 3. The van der Waals surface area contributed by atoms with E-state index in [1.54, 1.807) is 4.90 Å². The molecule has 122 valence electrons. The number of nitrogens with zero attached hydrogens (tertiary/aromatic N) is 1. The van der Waals surface area contributed by atoms with E-state index in [-0.39, 0.29) is 29.3 Å². The molecule has 23 heavy (non-hydrogen) atoms. The van der Waals surface area contributed by atoms with E-state index in [1.807, 2.05) is 0 Å². The summed E-state index contributed by atoms with van der Waals surface area (Å²) in [5.41, 5.74) is 0.472. The number of hydrogen-bond donors (Lipinski definition) is 1. The molecule has 2 atom stereocenters. The summed E-state index contributed by atoms with van der Waals surface area (Å²) in [5, 5.41) is 2.68. The van der Waals surface area contributed by atoms with Gasteiger partial charge in [0.15, 0.2) is 5.78 Å². The van der Waals surface area contributed by atoms with E-state index in [1.165, 1.54) is 24.3 Å². The van der Waals surface area contributed by atoms with Crippen molar-refractivity contribution in [1.82, 2.24) is 10.2 Å². The van der Waals surface area contributed by atoms with Gasteiger partial charge in [-0.25, -0.2) is 4.39 Å². The summed E-state index contributed by atoms with van der Waals surface area (Å²) in [6, 6.07) is 5.05. The molecule has 0 aromatic heterocycles. The monoisotopic (exact) mass is 318 g/mol. The molecule has 0 radical (unpaired) electrons. The number of amides is 2. The number of hydrogen-bond acceptors (Lipinski definition) is 3. The predicted octanol–water partition coefficient (Wildman–Crippen LogP) is 1.53. The number of benzene rings is 1. The summed E-state index contributed by atoms with van der Waals surface area (Å²) in [6.45, 7) is 0.972. The molecule has 2 aliphatic heterocycles. The molecule has 2 amide bonds. The molecular weight excluding hydrogens is 299 g/mol. The minimum atomic E-state index is -0.456. The normalized spacial score (nSPS) is 24.4. The molecule has 6 heteroatoms. The predicted molar refractivity (Wildman–Crippen MR) is 81.2 cm³/mol. The third-order valence-corrected chi connectivity index (χ3v) is 4.53. The van der Waals surface area contributed by atoms with Gasteiger partial charge in [0.05, 0.1) is 0 Å². The van der Waals surface area contributed by atoms with Crippen LogP contribution in [0.15, 0.2) is 24.3 Å². The summed E-state index contributed by atoms with van der Waals surface area (Å²) in [4.78, 5) is 37.9. The highest BCUT2D eigenvalue weighted by Gasteiger charge is 2.34. The van der Waals surface area contributed by atoms with Crippen molar-refractivity contribution in [3.05, 3.63) is 35.6 Å². The van der Waals surface area contributed by atoms with E-state index in [0.29, 0.717) is 31.5 Å². The molecule has 2 heterocycles. The Morgan fingerprint density at radius 3 is 2.57 bits per heavy atom. The van der Waals surface area contributed by atoms with Gasteiger partial charge in [-0.1, -0.05) is 0 Å². The topological polar surface area (TPSA) is 66.5 Å². The maximum atomic E-state index is 13.0. The third kappa shape index (κ3) is 3.41. The second-order valence-electron chi connectivity index (χ2n) is 6.15. The Bertz CT molecular complexity index is 629. The number of piperidine rings is 1. The van der Waals surface area contributed by atoms with Gasteiger partial charge in [-0.2, -0.15) is 0 Å². The third-order valence-electron chi connectivity index (χ3n) is 4.53. The molecule has 1 aromatic carbocycles. The van der Waals surface area contributed by atoms with Crippen LogP contribution in [0.5, 0.6) is 0 Å².